The predicted octanol–water partition coefficient (Wildman–Crippen LogP) is 7.55. The molecule has 0 radical (unpaired) electrons. The van der Waals surface area contributed by atoms with Crippen LogP contribution in [0.15, 0.2) is 88.7 Å². The van der Waals surface area contributed by atoms with Crippen LogP contribution in [0.1, 0.15) is 37.8 Å². The molecular weight excluding hydrogens is 607 g/mol. The molecule has 0 unspecified atom stereocenters. The third-order valence-corrected chi connectivity index (χ3v) is 8.31. The number of fused-ring (bicyclic) bond motifs is 2. The topological polar surface area (TPSA) is 95.6 Å². The van der Waals surface area contributed by atoms with Crippen molar-refractivity contribution >= 4 is 57.1 Å². The quantitative estimate of drug-likeness (QED) is 0.200. The Kier molecular flexibility index (Phi) is 7.21. The average Bonchev–Trinajstić information content (AvgIpc) is 3.93. The Morgan fingerprint density at radius 3 is 1.60 bits per heavy atom. The molecule has 0 atom stereocenters. The minimum atomic E-state index is -0.155. The molecule has 2 saturated carbocycles. The van der Waals surface area contributed by atoms with Gasteiger partial charge in [0.15, 0.2) is 11.3 Å². The van der Waals surface area contributed by atoms with E-state index in [0.717, 1.165) is 31.2 Å². The second-order valence-corrected chi connectivity index (χ2v) is 11.8. The molecule has 0 N–H and O–H groups in total. The number of hydrogen-bond acceptors (Lipinski definition) is 6. The maximum absolute atomic E-state index is 12.9. The van der Waals surface area contributed by atoms with E-state index in [1.54, 1.807) is 45.8 Å². The molecule has 214 valence electrons. The Morgan fingerprint density at radius 2 is 1.12 bits per heavy atom. The molecule has 2 aliphatic rings. The fourth-order valence-corrected chi connectivity index (χ4v) is 5.83. The summed E-state index contributed by atoms with van der Waals surface area (Å²) in [6.45, 7) is 0. The van der Waals surface area contributed by atoms with E-state index in [4.69, 9.17) is 34.8 Å². The molecule has 0 saturated heterocycles. The van der Waals surface area contributed by atoms with E-state index in [1.165, 1.54) is 0 Å². The summed E-state index contributed by atoms with van der Waals surface area (Å²) in [5.74, 6) is 0. The van der Waals surface area contributed by atoms with Gasteiger partial charge in [0.05, 0.1) is 10.0 Å². The smallest absolute Gasteiger partial charge is 0.279 e. The van der Waals surface area contributed by atoms with Gasteiger partial charge in [-0.2, -0.15) is 0 Å². The zero-order valence-electron chi connectivity index (χ0n) is 22.6. The molecule has 0 amide bonds. The largest absolute Gasteiger partial charge is 0.286 e. The molecule has 4 aromatic heterocycles. The summed E-state index contributed by atoms with van der Waals surface area (Å²) in [7, 11) is 0. The zero-order chi connectivity index (χ0) is 29.7. The van der Waals surface area contributed by atoms with Crippen LogP contribution in [0.3, 0.4) is 0 Å². The number of hydrogen-bond donors (Lipinski definition) is 0. The second-order valence-electron chi connectivity index (χ2n) is 10.5. The molecule has 43 heavy (non-hydrogen) atoms. The molecule has 0 spiro atoms. The normalized spacial score (nSPS) is 14.5. The van der Waals surface area contributed by atoms with Crippen LogP contribution in [-0.2, 0) is 0 Å². The summed E-state index contributed by atoms with van der Waals surface area (Å²) in [4.78, 5) is 43.3. The fourth-order valence-electron chi connectivity index (χ4n) is 5.11. The van der Waals surface area contributed by atoms with Crippen molar-refractivity contribution in [3.63, 3.8) is 0 Å². The highest BCUT2D eigenvalue weighted by atomic mass is 35.5. The first-order chi connectivity index (χ1) is 20.9. The minimum Gasteiger partial charge on any atom is -0.286 e. The van der Waals surface area contributed by atoms with Crippen LogP contribution < -0.4 is 11.1 Å². The van der Waals surface area contributed by atoms with Crippen molar-refractivity contribution in [2.45, 2.75) is 37.8 Å². The van der Waals surface area contributed by atoms with Crippen LogP contribution in [0, 0.1) is 0 Å². The molecule has 2 aromatic carbocycles. The van der Waals surface area contributed by atoms with Crippen molar-refractivity contribution in [1.82, 2.24) is 29.1 Å². The SMILES string of the molecule is O=c1c(-c2ccc(Cl)cc2Cl)nc2cccnc2n1C1CC1.O=c1c(-c2ccccc2Cl)nc2cccnc2n1C1CC1. The average molecular weight is 630 g/mol. The van der Waals surface area contributed by atoms with Gasteiger partial charge in [-0.1, -0.05) is 53.0 Å². The van der Waals surface area contributed by atoms with Crippen molar-refractivity contribution in [1.29, 1.82) is 0 Å². The molecule has 8 rings (SSSR count). The maximum atomic E-state index is 12.9. The van der Waals surface area contributed by atoms with Gasteiger partial charge in [-0.05, 0) is 74.2 Å². The van der Waals surface area contributed by atoms with Gasteiger partial charge in [0.1, 0.15) is 22.4 Å². The molecule has 2 fully saturated rings. The lowest BCUT2D eigenvalue weighted by Gasteiger charge is -2.11. The summed E-state index contributed by atoms with van der Waals surface area (Å²) in [5, 5.41) is 1.48. The third-order valence-electron chi connectivity index (χ3n) is 7.44. The third kappa shape index (κ3) is 5.31. The van der Waals surface area contributed by atoms with Gasteiger partial charge in [0.25, 0.3) is 11.1 Å². The Hall–Kier alpha value is -4.11. The number of halogens is 3. The Labute approximate surface area is 260 Å². The van der Waals surface area contributed by atoms with Crippen molar-refractivity contribution in [2.75, 3.05) is 0 Å². The first kappa shape index (κ1) is 27.7. The summed E-state index contributed by atoms with van der Waals surface area (Å²) >= 11 is 18.4. The van der Waals surface area contributed by atoms with E-state index in [9.17, 15) is 9.59 Å². The van der Waals surface area contributed by atoms with Crippen molar-refractivity contribution in [3.8, 4) is 22.5 Å². The van der Waals surface area contributed by atoms with Crippen molar-refractivity contribution < 1.29 is 0 Å². The summed E-state index contributed by atoms with van der Waals surface area (Å²) in [5.41, 5.74) is 4.43. The molecular formula is C32H23Cl3N6O2. The summed E-state index contributed by atoms with van der Waals surface area (Å²) in [6, 6.07) is 20.2. The number of pyridine rings is 2. The van der Waals surface area contributed by atoms with Gasteiger partial charge in [-0.15, -0.1) is 0 Å². The van der Waals surface area contributed by atoms with Gasteiger partial charge in [-0.25, -0.2) is 19.9 Å². The van der Waals surface area contributed by atoms with Gasteiger partial charge in [0.2, 0.25) is 0 Å². The van der Waals surface area contributed by atoms with Gasteiger partial charge < -0.3 is 0 Å². The van der Waals surface area contributed by atoms with E-state index in [2.05, 4.69) is 19.9 Å². The van der Waals surface area contributed by atoms with Crippen LogP contribution in [0.4, 0.5) is 0 Å². The Morgan fingerprint density at radius 1 is 0.605 bits per heavy atom. The molecule has 11 heteroatoms. The lowest BCUT2D eigenvalue weighted by Crippen LogP contribution is -2.23. The zero-order valence-corrected chi connectivity index (χ0v) is 24.9. The van der Waals surface area contributed by atoms with Crippen molar-refractivity contribution in [3.05, 3.63) is 115 Å². The lowest BCUT2D eigenvalue weighted by atomic mass is 10.1. The van der Waals surface area contributed by atoms with E-state index in [-0.39, 0.29) is 23.2 Å². The molecule has 2 aliphatic carbocycles. The Balaban J connectivity index is 0.000000140. The fraction of sp³-hybridized carbons (Fsp3) is 0.188. The van der Waals surface area contributed by atoms with E-state index in [1.807, 2.05) is 42.5 Å². The highest BCUT2D eigenvalue weighted by molar-refractivity contribution is 6.36. The van der Waals surface area contributed by atoms with Crippen LogP contribution in [0.5, 0.6) is 0 Å². The van der Waals surface area contributed by atoms with Crippen LogP contribution in [0.25, 0.3) is 44.8 Å². The maximum Gasteiger partial charge on any atom is 0.279 e. The predicted molar refractivity (Wildman–Crippen MR) is 170 cm³/mol. The van der Waals surface area contributed by atoms with E-state index < -0.39 is 0 Å². The summed E-state index contributed by atoms with van der Waals surface area (Å²) in [6.07, 6.45) is 7.37. The lowest BCUT2D eigenvalue weighted by molar-refractivity contribution is 0.726. The molecule has 8 nitrogen and oxygen atoms in total. The van der Waals surface area contributed by atoms with Gasteiger partial charge >= 0.3 is 0 Å². The van der Waals surface area contributed by atoms with Crippen LogP contribution in [-0.4, -0.2) is 29.1 Å². The highest BCUT2D eigenvalue weighted by Gasteiger charge is 2.30. The highest BCUT2D eigenvalue weighted by Crippen LogP contribution is 2.37. The van der Waals surface area contributed by atoms with Gasteiger partial charge in [-0.3, -0.25) is 18.7 Å². The van der Waals surface area contributed by atoms with Crippen LogP contribution in [0.2, 0.25) is 15.1 Å². The number of rotatable bonds is 4. The first-order valence-corrected chi connectivity index (χ1v) is 15.0. The number of nitrogens with zero attached hydrogens (tertiary/aromatic N) is 6. The number of benzene rings is 2. The Bertz CT molecular complexity index is 2150. The molecule has 6 aromatic rings. The van der Waals surface area contributed by atoms with Gasteiger partial charge in [0, 0.05) is 40.6 Å². The summed E-state index contributed by atoms with van der Waals surface area (Å²) < 4.78 is 3.50. The van der Waals surface area contributed by atoms with Crippen molar-refractivity contribution in [2.24, 2.45) is 0 Å². The molecule has 4 heterocycles. The van der Waals surface area contributed by atoms with E-state index >= 15 is 0 Å². The molecule has 0 bridgehead atoms. The van der Waals surface area contributed by atoms with E-state index in [0.29, 0.717) is 54.4 Å². The van der Waals surface area contributed by atoms with Crippen LogP contribution >= 0.6 is 34.8 Å². The first-order valence-electron chi connectivity index (χ1n) is 13.9. The minimum absolute atomic E-state index is 0.114. The molecule has 0 aliphatic heterocycles. The second kappa shape index (κ2) is 11.2. The number of aromatic nitrogens is 6. The monoisotopic (exact) mass is 628 g/mol. The standard InChI is InChI=1S/C16H11Cl2N3O.C16H12ClN3O/c17-9-3-6-11(12(18)8-9)14-16(22)21(10-4-5-10)15-13(20-14)2-1-7-19-15;17-12-5-2-1-4-11(12)14-16(21)20(10-7-8-10)15-13(19-14)6-3-9-18-15/h1-3,6-8,10H,4-5H2;1-6,9-10H,7-8H2.